The summed E-state index contributed by atoms with van der Waals surface area (Å²) in [5, 5.41) is 17.8. The third-order valence-electron chi connectivity index (χ3n) is 2.72. The van der Waals surface area contributed by atoms with Gasteiger partial charge < -0.3 is 10.9 Å². The van der Waals surface area contributed by atoms with Crippen LogP contribution in [0.4, 0.5) is 0 Å². The molecule has 20 heavy (non-hydrogen) atoms. The van der Waals surface area contributed by atoms with Gasteiger partial charge in [-0.3, -0.25) is 5.10 Å². The molecule has 0 saturated carbocycles. The lowest BCUT2D eigenvalue weighted by molar-refractivity contribution is 0.314. The summed E-state index contributed by atoms with van der Waals surface area (Å²) in [6.45, 7) is 6.01. The molecule has 0 radical (unpaired) electrons. The van der Waals surface area contributed by atoms with Crippen molar-refractivity contribution in [2.75, 3.05) is 13.1 Å². The van der Waals surface area contributed by atoms with Crippen LogP contribution in [-0.4, -0.2) is 47.1 Å². The van der Waals surface area contributed by atoms with Crippen LogP contribution in [0.15, 0.2) is 16.2 Å². The lowest BCUT2D eigenvalue weighted by atomic mass is 10.2. The molecule has 1 aromatic rings. The van der Waals surface area contributed by atoms with Gasteiger partial charge >= 0.3 is 0 Å². The van der Waals surface area contributed by atoms with Crippen molar-refractivity contribution in [1.29, 1.82) is 0 Å². The zero-order valence-electron chi connectivity index (χ0n) is 11.9. The van der Waals surface area contributed by atoms with Crippen LogP contribution in [0, 0.1) is 12.8 Å². The Labute approximate surface area is 118 Å². The molecule has 114 valence electrons. The summed E-state index contributed by atoms with van der Waals surface area (Å²) in [7, 11) is -3.64. The van der Waals surface area contributed by atoms with Crippen molar-refractivity contribution < 1.29 is 13.6 Å². The fraction of sp³-hybridized carbons (Fsp3) is 0.636. The molecule has 0 unspecified atom stereocenters. The number of hydrogen-bond acceptors (Lipinski definition) is 5. The molecule has 0 aliphatic heterocycles. The van der Waals surface area contributed by atoms with Crippen molar-refractivity contribution in [3.8, 4) is 0 Å². The molecule has 0 spiro atoms. The minimum Gasteiger partial charge on any atom is -0.409 e. The van der Waals surface area contributed by atoms with E-state index in [4.69, 9.17) is 10.9 Å². The fourth-order valence-corrected chi connectivity index (χ4v) is 3.47. The van der Waals surface area contributed by atoms with E-state index in [9.17, 15) is 8.42 Å². The number of amidine groups is 1. The molecular weight excluding hydrogens is 282 g/mol. The first-order chi connectivity index (χ1) is 9.28. The van der Waals surface area contributed by atoms with E-state index in [1.165, 1.54) is 10.5 Å². The zero-order valence-corrected chi connectivity index (χ0v) is 12.7. The number of nitrogens with one attached hydrogen (secondary N) is 1. The average molecular weight is 303 g/mol. The van der Waals surface area contributed by atoms with Crippen molar-refractivity contribution in [3.05, 3.63) is 11.9 Å². The molecule has 0 saturated heterocycles. The topological polar surface area (TPSA) is 125 Å². The van der Waals surface area contributed by atoms with Gasteiger partial charge in [-0.25, -0.2) is 8.42 Å². The Morgan fingerprint density at radius 2 is 2.25 bits per heavy atom. The minimum absolute atomic E-state index is 0.00197. The van der Waals surface area contributed by atoms with E-state index in [1.807, 2.05) is 13.8 Å². The Morgan fingerprint density at radius 3 is 2.70 bits per heavy atom. The second-order valence-electron chi connectivity index (χ2n) is 4.96. The molecule has 0 atom stereocenters. The smallest absolute Gasteiger partial charge is 0.246 e. The van der Waals surface area contributed by atoms with E-state index in [2.05, 4.69) is 15.4 Å². The molecule has 1 aromatic heterocycles. The normalized spacial score (nSPS) is 13.3. The van der Waals surface area contributed by atoms with Gasteiger partial charge in [0.15, 0.2) is 0 Å². The zero-order chi connectivity index (χ0) is 15.3. The Kier molecular flexibility index (Phi) is 5.52. The number of aromatic amines is 1. The number of nitrogens with zero attached hydrogens (tertiary/aromatic N) is 3. The molecule has 1 heterocycles. The molecule has 0 aliphatic rings. The molecule has 0 aliphatic carbocycles. The van der Waals surface area contributed by atoms with Gasteiger partial charge in [-0.15, -0.1) is 0 Å². The summed E-state index contributed by atoms with van der Waals surface area (Å²) in [5.41, 5.74) is 5.89. The standard InChI is InChI=1S/C11H21N5O3S/c1-8(2)7-16(5-4-11(12)15-17)20(18,19)10-6-13-14-9(10)3/h6,8,17H,4-5,7H2,1-3H3,(H2,12,15)(H,13,14). The largest absolute Gasteiger partial charge is 0.409 e. The maximum absolute atomic E-state index is 12.6. The van der Waals surface area contributed by atoms with E-state index in [0.717, 1.165) is 0 Å². The maximum Gasteiger partial charge on any atom is 0.246 e. The molecule has 0 bridgehead atoms. The average Bonchev–Trinajstić information content (AvgIpc) is 2.80. The van der Waals surface area contributed by atoms with Crippen LogP contribution in [0.1, 0.15) is 26.0 Å². The molecule has 0 amide bonds. The van der Waals surface area contributed by atoms with Crippen LogP contribution in [0.3, 0.4) is 0 Å². The van der Waals surface area contributed by atoms with Crippen LogP contribution in [0.25, 0.3) is 0 Å². The number of hydrogen-bond donors (Lipinski definition) is 3. The number of aromatic nitrogens is 2. The predicted octanol–water partition coefficient (Wildman–Crippen LogP) is 0.501. The minimum atomic E-state index is -3.64. The lowest BCUT2D eigenvalue weighted by Gasteiger charge is -2.23. The summed E-state index contributed by atoms with van der Waals surface area (Å²) < 4.78 is 26.5. The number of H-pyrrole nitrogens is 1. The second-order valence-corrected chi connectivity index (χ2v) is 6.86. The highest BCUT2D eigenvalue weighted by Crippen LogP contribution is 2.19. The monoisotopic (exact) mass is 303 g/mol. The molecule has 0 aromatic carbocycles. The molecule has 4 N–H and O–H groups in total. The first-order valence-electron chi connectivity index (χ1n) is 6.25. The number of aryl methyl sites for hydroxylation is 1. The highest BCUT2D eigenvalue weighted by molar-refractivity contribution is 7.89. The number of oxime groups is 1. The molecule has 9 heteroatoms. The molecular formula is C11H21N5O3S. The molecule has 1 rings (SSSR count). The van der Waals surface area contributed by atoms with Crippen LogP contribution >= 0.6 is 0 Å². The van der Waals surface area contributed by atoms with Crippen molar-refractivity contribution in [2.24, 2.45) is 16.8 Å². The fourth-order valence-electron chi connectivity index (χ4n) is 1.74. The first kappa shape index (κ1) is 16.4. The highest BCUT2D eigenvalue weighted by atomic mass is 32.2. The van der Waals surface area contributed by atoms with Gasteiger partial charge in [0.2, 0.25) is 10.0 Å². The summed E-state index contributed by atoms with van der Waals surface area (Å²) in [5.74, 6) is 0.155. The Balaban J connectivity index is 3.01. The number of rotatable bonds is 7. The first-order valence-corrected chi connectivity index (χ1v) is 7.69. The third kappa shape index (κ3) is 3.94. The van der Waals surface area contributed by atoms with Crippen molar-refractivity contribution in [3.63, 3.8) is 0 Å². The SMILES string of the molecule is Cc1[nH]ncc1S(=O)(=O)N(CCC(N)=NO)CC(C)C. The Hall–Kier alpha value is -1.61. The van der Waals surface area contributed by atoms with Crippen LogP contribution in [0.2, 0.25) is 0 Å². The van der Waals surface area contributed by atoms with Crippen molar-refractivity contribution in [1.82, 2.24) is 14.5 Å². The lowest BCUT2D eigenvalue weighted by Crippen LogP contribution is -2.36. The van der Waals surface area contributed by atoms with Gasteiger partial charge in [-0.05, 0) is 12.8 Å². The summed E-state index contributed by atoms with van der Waals surface area (Å²) in [6.07, 6.45) is 1.46. The quantitative estimate of drug-likeness (QED) is 0.293. The number of nitrogens with two attached hydrogens (primary N) is 1. The van der Waals surface area contributed by atoms with Gasteiger partial charge in [0.05, 0.1) is 11.9 Å². The second kappa shape index (κ2) is 6.71. The van der Waals surface area contributed by atoms with E-state index < -0.39 is 10.0 Å². The maximum atomic E-state index is 12.6. The van der Waals surface area contributed by atoms with Crippen LogP contribution < -0.4 is 5.73 Å². The molecule has 8 nitrogen and oxygen atoms in total. The van der Waals surface area contributed by atoms with E-state index in [0.29, 0.717) is 12.2 Å². The van der Waals surface area contributed by atoms with E-state index in [1.54, 1.807) is 6.92 Å². The van der Waals surface area contributed by atoms with Gasteiger partial charge in [0, 0.05) is 19.5 Å². The van der Waals surface area contributed by atoms with Crippen LogP contribution in [0.5, 0.6) is 0 Å². The Bertz CT molecular complexity index is 564. The van der Waals surface area contributed by atoms with Crippen molar-refractivity contribution >= 4 is 15.9 Å². The summed E-state index contributed by atoms with van der Waals surface area (Å²) in [6, 6.07) is 0. The van der Waals surface area contributed by atoms with Crippen molar-refractivity contribution in [2.45, 2.75) is 32.1 Å². The summed E-state index contributed by atoms with van der Waals surface area (Å²) in [4.78, 5) is 0.151. The summed E-state index contributed by atoms with van der Waals surface area (Å²) >= 11 is 0. The van der Waals surface area contributed by atoms with Gasteiger partial charge in [0.1, 0.15) is 10.7 Å². The molecule has 0 fully saturated rings. The number of sulfonamides is 1. The van der Waals surface area contributed by atoms with E-state index in [-0.39, 0.29) is 29.6 Å². The van der Waals surface area contributed by atoms with Crippen LogP contribution in [-0.2, 0) is 10.0 Å². The van der Waals surface area contributed by atoms with Gasteiger partial charge in [-0.1, -0.05) is 19.0 Å². The van der Waals surface area contributed by atoms with Gasteiger partial charge in [0.25, 0.3) is 0 Å². The Morgan fingerprint density at radius 1 is 1.60 bits per heavy atom. The van der Waals surface area contributed by atoms with Gasteiger partial charge in [-0.2, -0.15) is 9.40 Å². The van der Waals surface area contributed by atoms with E-state index >= 15 is 0 Å². The highest BCUT2D eigenvalue weighted by Gasteiger charge is 2.27. The predicted molar refractivity (Wildman–Crippen MR) is 74.9 cm³/mol. The third-order valence-corrected chi connectivity index (χ3v) is 4.69.